The third-order valence-corrected chi connectivity index (χ3v) is 2.83. The number of nitrogens with zero attached hydrogens (tertiary/aromatic N) is 2. The van der Waals surface area contributed by atoms with Crippen LogP contribution in [0.2, 0.25) is 0 Å². The van der Waals surface area contributed by atoms with Crippen molar-refractivity contribution in [3.8, 4) is 0 Å². The molecular weight excluding hydrogens is 180 g/mol. The summed E-state index contributed by atoms with van der Waals surface area (Å²) in [6.07, 6.45) is 1.61. The lowest BCUT2D eigenvalue weighted by Gasteiger charge is -2.09. The first kappa shape index (κ1) is 7.71. The Balaban J connectivity index is 2.29. The monoisotopic (exact) mass is 188 g/mol. The summed E-state index contributed by atoms with van der Waals surface area (Å²) in [5, 5.41) is 11.4. The number of hydrogen-bond donors (Lipinski definition) is 2. The summed E-state index contributed by atoms with van der Waals surface area (Å²) in [5.74, 6) is 0. The normalized spacial score (nSPS) is 18.1. The van der Waals surface area contributed by atoms with Crippen LogP contribution in [0.4, 0.5) is 0 Å². The average molecular weight is 188 g/mol. The lowest BCUT2D eigenvalue weighted by Crippen LogP contribution is -2.32. The number of H-pyrrole nitrogens is 1. The van der Waals surface area contributed by atoms with Gasteiger partial charge in [-0.15, -0.1) is 0 Å². The maximum Gasteiger partial charge on any atom is 0.277 e. The van der Waals surface area contributed by atoms with E-state index in [4.69, 9.17) is 5.14 Å². The van der Waals surface area contributed by atoms with Crippen molar-refractivity contribution in [1.29, 1.82) is 0 Å². The second-order valence-corrected chi connectivity index (χ2v) is 4.23. The van der Waals surface area contributed by atoms with Gasteiger partial charge in [-0.05, 0) is 0 Å². The van der Waals surface area contributed by atoms with Crippen molar-refractivity contribution >= 4 is 10.2 Å². The van der Waals surface area contributed by atoms with Crippen molar-refractivity contribution in [3.05, 3.63) is 17.5 Å². The van der Waals surface area contributed by atoms with Gasteiger partial charge < -0.3 is 0 Å². The number of aromatic nitrogens is 2. The molecule has 66 valence electrons. The predicted octanol–water partition coefficient (Wildman–Crippen LogP) is -1.07. The van der Waals surface area contributed by atoms with Gasteiger partial charge in [-0.1, -0.05) is 0 Å². The third kappa shape index (κ3) is 1.11. The minimum Gasteiger partial charge on any atom is -0.281 e. The van der Waals surface area contributed by atoms with E-state index in [2.05, 4.69) is 10.2 Å². The SMILES string of the molecule is NS(=O)(=O)N1Cc2cn[nH]c2C1. The highest BCUT2D eigenvalue weighted by Crippen LogP contribution is 2.20. The van der Waals surface area contributed by atoms with Crippen molar-refractivity contribution in [1.82, 2.24) is 14.5 Å². The molecule has 0 saturated heterocycles. The largest absolute Gasteiger partial charge is 0.281 e. The van der Waals surface area contributed by atoms with Crippen LogP contribution in [0.3, 0.4) is 0 Å². The summed E-state index contributed by atoms with van der Waals surface area (Å²) < 4.78 is 22.9. The van der Waals surface area contributed by atoms with Gasteiger partial charge in [0.25, 0.3) is 10.2 Å². The van der Waals surface area contributed by atoms with E-state index in [1.807, 2.05) is 0 Å². The summed E-state index contributed by atoms with van der Waals surface area (Å²) in [6.45, 7) is 0.624. The molecule has 0 unspecified atom stereocenters. The van der Waals surface area contributed by atoms with Crippen molar-refractivity contribution in [2.45, 2.75) is 13.1 Å². The van der Waals surface area contributed by atoms with E-state index >= 15 is 0 Å². The lowest BCUT2D eigenvalue weighted by molar-refractivity contribution is 0.428. The molecule has 0 fully saturated rings. The lowest BCUT2D eigenvalue weighted by atomic mass is 10.3. The van der Waals surface area contributed by atoms with E-state index in [0.717, 1.165) is 11.3 Å². The Morgan fingerprint density at radius 3 is 2.92 bits per heavy atom. The molecule has 2 rings (SSSR count). The first-order chi connectivity index (χ1) is 5.57. The zero-order valence-electron chi connectivity index (χ0n) is 6.19. The summed E-state index contributed by atoms with van der Waals surface area (Å²) in [7, 11) is -3.55. The fourth-order valence-corrected chi connectivity index (χ4v) is 1.84. The molecular formula is C5H8N4O2S. The van der Waals surface area contributed by atoms with Crippen LogP contribution in [-0.4, -0.2) is 22.9 Å². The van der Waals surface area contributed by atoms with Crippen LogP contribution in [0.15, 0.2) is 6.20 Å². The standard InChI is InChI=1S/C5H8N4O2S/c6-12(10,11)9-2-4-1-7-8-5(4)3-9/h1H,2-3H2,(H,7,8)(H2,6,10,11). The second-order valence-electron chi connectivity index (χ2n) is 2.69. The summed E-state index contributed by atoms with van der Waals surface area (Å²) in [4.78, 5) is 0. The van der Waals surface area contributed by atoms with Gasteiger partial charge in [0.2, 0.25) is 0 Å². The van der Waals surface area contributed by atoms with Gasteiger partial charge in [-0.25, -0.2) is 5.14 Å². The summed E-state index contributed by atoms with van der Waals surface area (Å²) in [5.41, 5.74) is 1.72. The van der Waals surface area contributed by atoms with Crippen molar-refractivity contribution in [2.24, 2.45) is 5.14 Å². The van der Waals surface area contributed by atoms with Gasteiger partial charge in [0.05, 0.1) is 18.4 Å². The molecule has 0 aromatic carbocycles. The number of fused-ring (bicyclic) bond motifs is 1. The molecule has 0 amide bonds. The molecule has 0 atom stereocenters. The molecule has 2 heterocycles. The zero-order chi connectivity index (χ0) is 8.77. The maximum absolute atomic E-state index is 10.9. The van der Waals surface area contributed by atoms with Gasteiger partial charge in [0.15, 0.2) is 0 Å². The van der Waals surface area contributed by atoms with E-state index in [-0.39, 0.29) is 0 Å². The highest BCUT2D eigenvalue weighted by molar-refractivity contribution is 7.86. The van der Waals surface area contributed by atoms with Crippen molar-refractivity contribution in [3.63, 3.8) is 0 Å². The molecule has 0 radical (unpaired) electrons. The quantitative estimate of drug-likeness (QED) is 0.587. The van der Waals surface area contributed by atoms with Gasteiger partial charge in [0.1, 0.15) is 0 Å². The fourth-order valence-electron chi connectivity index (χ4n) is 1.21. The van der Waals surface area contributed by atoms with Gasteiger partial charge in [0, 0.05) is 12.1 Å². The van der Waals surface area contributed by atoms with Gasteiger partial charge in [-0.3, -0.25) is 5.10 Å². The highest BCUT2D eigenvalue weighted by Gasteiger charge is 2.27. The number of hydrogen-bond acceptors (Lipinski definition) is 3. The van der Waals surface area contributed by atoms with Crippen LogP contribution >= 0.6 is 0 Å². The molecule has 1 aromatic rings. The molecule has 0 bridgehead atoms. The Kier molecular flexibility index (Phi) is 1.47. The smallest absolute Gasteiger partial charge is 0.277 e. The number of rotatable bonds is 1. The average Bonchev–Trinajstić information content (AvgIpc) is 2.37. The number of nitrogens with one attached hydrogen (secondary N) is 1. The molecule has 3 N–H and O–H groups in total. The molecule has 7 heteroatoms. The molecule has 1 aromatic heterocycles. The topological polar surface area (TPSA) is 92.1 Å². The van der Waals surface area contributed by atoms with E-state index in [9.17, 15) is 8.42 Å². The summed E-state index contributed by atoms with van der Waals surface area (Å²) >= 11 is 0. The minimum absolute atomic E-state index is 0.300. The molecule has 12 heavy (non-hydrogen) atoms. The molecule has 1 aliphatic heterocycles. The molecule has 1 aliphatic rings. The van der Waals surface area contributed by atoms with Crippen LogP contribution in [-0.2, 0) is 23.3 Å². The molecule has 0 aliphatic carbocycles. The van der Waals surface area contributed by atoms with E-state index in [0.29, 0.717) is 13.1 Å². The molecule has 0 spiro atoms. The molecule has 0 saturated carbocycles. The Labute approximate surface area is 69.5 Å². The van der Waals surface area contributed by atoms with Crippen LogP contribution in [0, 0.1) is 0 Å². The van der Waals surface area contributed by atoms with Crippen molar-refractivity contribution in [2.75, 3.05) is 0 Å². The minimum atomic E-state index is -3.55. The van der Waals surface area contributed by atoms with Crippen LogP contribution in [0.1, 0.15) is 11.3 Å². The Bertz CT molecular complexity index is 375. The van der Waals surface area contributed by atoms with E-state index in [1.54, 1.807) is 6.20 Å². The highest BCUT2D eigenvalue weighted by atomic mass is 32.2. The Morgan fingerprint density at radius 1 is 1.58 bits per heavy atom. The maximum atomic E-state index is 10.9. The van der Waals surface area contributed by atoms with E-state index < -0.39 is 10.2 Å². The first-order valence-electron chi connectivity index (χ1n) is 3.36. The van der Waals surface area contributed by atoms with Gasteiger partial charge >= 0.3 is 0 Å². The number of aromatic amines is 1. The third-order valence-electron chi connectivity index (χ3n) is 1.85. The Morgan fingerprint density at radius 2 is 2.33 bits per heavy atom. The zero-order valence-corrected chi connectivity index (χ0v) is 7.00. The summed E-state index contributed by atoms with van der Waals surface area (Å²) in [6, 6.07) is 0. The Hall–Kier alpha value is -0.920. The first-order valence-corrected chi connectivity index (χ1v) is 4.86. The van der Waals surface area contributed by atoms with Gasteiger partial charge in [-0.2, -0.15) is 17.8 Å². The number of nitrogens with two attached hydrogens (primary N) is 1. The van der Waals surface area contributed by atoms with E-state index in [1.165, 1.54) is 4.31 Å². The predicted molar refractivity (Wildman–Crippen MR) is 40.9 cm³/mol. The van der Waals surface area contributed by atoms with Crippen molar-refractivity contribution < 1.29 is 8.42 Å². The van der Waals surface area contributed by atoms with Crippen LogP contribution in [0.5, 0.6) is 0 Å². The second kappa shape index (κ2) is 2.28. The fraction of sp³-hybridized carbons (Fsp3) is 0.400. The molecule has 6 nitrogen and oxygen atoms in total. The van der Waals surface area contributed by atoms with Crippen LogP contribution in [0.25, 0.3) is 0 Å². The van der Waals surface area contributed by atoms with Crippen LogP contribution < -0.4 is 5.14 Å².